The van der Waals surface area contributed by atoms with Crippen molar-refractivity contribution in [2.24, 2.45) is 16.1 Å². The molecular formula is C28H29N6O3+. The zero-order valence-corrected chi connectivity index (χ0v) is 21.0. The summed E-state index contributed by atoms with van der Waals surface area (Å²) < 4.78 is 1.67. The van der Waals surface area contributed by atoms with Crippen LogP contribution in [0.4, 0.5) is 11.4 Å². The van der Waals surface area contributed by atoms with Crippen molar-refractivity contribution in [3.8, 4) is 0 Å². The number of carbonyl (C=O) groups is 3. The summed E-state index contributed by atoms with van der Waals surface area (Å²) in [4.78, 5) is 39.6. The number of hydrogen-bond donors (Lipinski definition) is 2. The van der Waals surface area contributed by atoms with E-state index in [-0.39, 0.29) is 18.2 Å². The molecule has 1 aliphatic rings. The van der Waals surface area contributed by atoms with Crippen LogP contribution in [0.25, 0.3) is 0 Å². The second-order valence-electron chi connectivity index (χ2n) is 8.94. The molecule has 0 unspecified atom stereocenters. The summed E-state index contributed by atoms with van der Waals surface area (Å²) in [7, 11) is 0. The van der Waals surface area contributed by atoms with Gasteiger partial charge in [0, 0.05) is 17.8 Å². The molecule has 1 atom stereocenters. The van der Waals surface area contributed by atoms with Crippen LogP contribution < -0.4 is 20.3 Å². The van der Waals surface area contributed by atoms with Gasteiger partial charge in [-0.2, -0.15) is 19.8 Å². The third kappa shape index (κ3) is 5.95. The third-order valence-corrected chi connectivity index (χ3v) is 5.87. The number of nitrogens with zero attached hydrogens (tertiary/aromatic N) is 4. The summed E-state index contributed by atoms with van der Waals surface area (Å²) in [6.07, 6.45) is 3.49. The minimum Gasteiger partial charge on any atom is -0.321 e. The van der Waals surface area contributed by atoms with E-state index in [2.05, 4.69) is 20.9 Å². The van der Waals surface area contributed by atoms with Crippen LogP contribution in [0.3, 0.4) is 0 Å². The Bertz CT molecular complexity index is 1350. The predicted octanol–water partition coefficient (Wildman–Crippen LogP) is 3.25. The lowest BCUT2D eigenvalue weighted by Crippen LogP contribution is -2.43. The topological polar surface area (TPSA) is 107 Å². The van der Waals surface area contributed by atoms with E-state index in [1.165, 1.54) is 5.01 Å². The zero-order valence-electron chi connectivity index (χ0n) is 21.0. The molecule has 1 aliphatic heterocycles. The first kappa shape index (κ1) is 25.4. The first-order valence-electron chi connectivity index (χ1n) is 12.0. The Morgan fingerprint density at radius 2 is 1.65 bits per heavy atom. The lowest BCUT2D eigenvalue weighted by atomic mass is 9.96. The molecule has 0 saturated heterocycles. The van der Waals surface area contributed by atoms with Crippen molar-refractivity contribution in [1.82, 2.24) is 5.43 Å². The summed E-state index contributed by atoms with van der Waals surface area (Å²) in [5.74, 6) is -2.37. The summed E-state index contributed by atoms with van der Waals surface area (Å²) >= 11 is 0. The maximum absolute atomic E-state index is 13.6. The molecule has 9 nitrogen and oxygen atoms in total. The smallest absolute Gasteiger partial charge is 0.305 e. The van der Waals surface area contributed by atoms with Gasteiger partial charge in [-0.15, -0.1) is 0 Å². The average Bonchev–Trinajstić information content (AvgIpc) is 3.19. The Balaban J connectivity index is 1.64. The van der Waals surface area contributed by atoms with Gasteiger partial charge in [0.1, 0.15) is 11.6 Å². The number of para-hydroxylation sites is 2. The van der Waals surface area contributed by atoms with Crippen molar-refractivity contribution in [2.45, 2.75) is 33.2 Å². The Hall–Kier alpha value is -4.66. The molecule has 9 heteroatoms. The lowest BCUT2D eigenvalue weighted by molar-refractivity contribution is -0.684. The normalized spacial score (nSPS) is 15.5. The van der Waals surface area contributed by atoms with Gasteiger partial charge in [0.05, 0.1) is 11.4 Å². The molecule has 3 aromatic rings. The van der Waals surface area contributed by atoms with Crippen LogP contribution in [0, 0.1) is 5.92 Å². The molecule has 0 radical (unpaired) electrons. The van der Waals surface area contributed by atoms with Crippen LogP contribution in [0.1, 0.15) is 32.3 Å². The molecule has 4 rings (SSSR count). The Morgan fingerprint density at radius 1 is 1.00 bits per heavy atom. The summed E-state index contributed by atoms with van der Waals surface area (Å²) in [5, 5.41) is 12.7. The minimum absolute atomic E-state index is 0.00273. The third-order valence-electron chi connectivity index (χ3n) is 5.87. The predicted molar refractivity (Wildman–Crippen MR) is 142 cm³/mol. The van der Waals surface area contributed by atoms with Crippen molar-refractivity contribution in [3.63, 3.8) is 0 Å². The number of nitrogens with one attached hydrogen (secondary N) is 2. The van der Waals surface area contributed by atoms with Gasteiger partial charge in [0.2, 0.25) is 6.54 Å². The highest BCUT2D eigenvalue weighted by Gasteiger charge is 2.41. The van der Waals surface area contributed by atoms with E-state index in [4.69, 9.17) is 0 Å². The molecule has 3 amide bonds. The van der Waals surface area contributed by atoms with Gasteiger partial charge in [-0.3, -0.25) is 14.4 Å². The largest absolute Gasteiger partial charge is 0.321 e. The molecule has 0 saturated carbocycles. The van der Waals surface area contributed by atoms with E-state index in [0.717, 1.165) is 5.56 Å². The standard InChI is InChI=1S/C28H28N6O3/c1-19(2)22-14-8-9-15-23(22)29-27(36)26(31-30-24(35)18-33-16-10-5-11-17-33)25-20(3)32-34(28(25)37)21-12-6-4-7-13-21/h4-17,19,25H,18H2,1-3H3,(H-,29,30,35,36)/p+1/t25-/m0/s1. The monoisotopic (exact) mass is 497 g/mol. The number of aromatic nitrogens is 1. The molecule has 0 spiro atoms. The quantitative estimate of drug-likeness (QED) is 0.283. The molecule has 0 fully saturated rings. The van der Waals surface area contributed by atoms with Crippen LogP contribution in [0.2, 0.25) is 0 Å². The minimum atomic E-state index is -1.06. The number of hydrogen-bond acceptors (Lipinski definition) is 5. The van der Waals surface area contributed by atoms with E-state index < -0.39 is 23.6 Å². The van der Waals surface area contributed by atoms with Crippen molar-refractivity contribution in [2.75, 3.05) is 10.3 Å². The molecule has 188 valence electrons. The number of amides is 3. The second-order valence-corrected chi connectivity index (χ2v) is 8.94. The molecule has 2 aromatic carbocycles. The lowest BCUT2D eigenvalue weighted by Gasteiger charge is -2.17. The van der Waals surface area contributed by atoms with E-state index in [1.54, 1.807) is 66.3 Å². The molecule has 0 aliphatic carbocycles. The molecule has 1 aromatic heterocycles. The fourth-order valence-corrected chi connectivity index (χ4v) is 4.05. The molecule has 0 bridgehead atoms. The zero-order chi connectivity index (χ0) is 26.4. The summed E-state index contributed by atoms with van der Waals surface area (Å²) in [6, 6.07) is 21.8. The number of pyridine rings is 1. The SMILES string of the molecule is CC1=NN(c2ccccc2)C(=O)[C@@H]1/C(=N/NC(=O)C[n+]1ccccc1)C(=O)Nc1ccccc1C(C)C. The second kappa shape index (κ2) is 11.4. The Kier molecular flexibility index (Phi) is 7.83. The van der Waals surface area contributed by atoms with E-state index in [9.17, 15) is 14.4 Å². The van der Waals surface area contributed by atoms with E-state index >= 15 is 0 Å². The highest BCUT2D eigenvalue weighted by Crippen LogP contribution is 2.27. The van der Waals surface area contributed by atoms with Gasteiger partial charge in [0.15, 0.2) is 12.4 Å². The number of anilines is 2. The maximum atomic E-state index is 13.6. The Labute approximate surface area is 215 Å². The highest BCUT2D eigenvalue weighted by molar-refractivity contribution is 6.52. The fraction of sp³-hybridized carbons (Fsp3) is 0.214. The fourth-order valence-electron chi connectivity index (χ4n) is 4.05. The van der Waals surface area contributed by atoms with E-state index in [0.29, 0.717) is 17.1 Å². The van der Waals surface area contributed by atoms with Crippen LogP contribution in [0.5, 0.6) is 0 Å². The summed E-state index contributed by atoms with van der Waals surface area (Å²) in [6.45, 7) is 5.71. The first-order valence-corrected chi connectivity index (χ1v) is 12.0. The van der Waals surface area contributed by atoms with Crippen molar-refractivity contribution in [1.29, 1.82) is 0 Å². The summed E-state index contributed by atoms with van der Waals surface area (Å²) in [5.41, 5.74) is 4.82. The highest BCUT2D eigenvalue weighted by atomic mass is 16.2. The van der Waals surface area contributed by atoms with Crippen LogP contribution >= 0.6 is 0 Å². The number of rotatable bonds is 8. The van der Waals surface area contributed by atoms with Gasteiger partial charge >= 0.3 is 5.91 Å². The molecule has 2 heterocycles. The number of benzene rings is 2. The van der Waals surface area contributed by atoms with Crippen molar-refractivity contribution in [3.05, 3.63) is 90.8 Å². The van der Waals surface area contributed by atoms with Crippen LogP contribution in [0.15, 0.2) is 95.4 Å². The van der Waals surface area contributed by atoms with Gasteiger partial charge in [0.25, 0.3) is 11.8 Å². The van der Waals surface area contributed by atoms with Gasteiger partial charge < -0.3 is 5.32 Å². The molecule has 2 N–H and O–H groups in total. The van der Waals surface area contributed by atoms with Crippen molar-refractivity contribution >= 4 is 40.5 Å². The Morgan fingerprint density at radius 3 is 2.35 bits per heavy atom. The van der Waals surface area contributed by atoms with Crippen molar-refractivity contribution < 1.29 is 19.0 Å². The maximum Gasteiger partial charge on any atom is 0.305 e. The van der Waals surface area contributed by atoms with Gasteiger partial charge in [-0.1, -0.05) is 56.3 Å². The van der Waals surface area contributed by atoms with Crippen LogP contribution in [-0.2, 0) is 20.9 Å². The molecule has 37 heavy (non-hydrogen) atoms. The average molecular weight is 498 g/mol. The number of carbonyl (C=O) groups excluding carboxylic acids is 3. The van der Waals surface area contributed by atoms with Gasteiger partial charge in [-0.25, -0.2) is 5.43 Å². The van der Waals surface area contributed by atoms with E-state index in [1.807, 2.05) is 44.2 Å². The van der Waals surface area contributed by atoms with Crippen LogP contribution in [-0.4, -0.2) is 29.1 Å². The van der Waals surface area contributed by atoms with Gasteiger partial charge in [-0.05, 0) is 36.6 Å². The molecular weight excluding hydrogens is 468 g/mol. The first-order chi connectivity index (χ1) is 17.8. The number of hydrazone groups is 2.